The van der Waals surface area contributed by atoms with E-state index in [4.69, 9.17) is 4.74 Å². The highest BCUT2D eigenvalue weighted by molar-refractivity contribution is 9.10. The smallest absolute Gasteiger partial charge is 0.288 e. The Morgan fingerprint density at radius 1 is 1.32 bits per heavy atom. The number of hydrogen-bond donors (Lipinski definition) is 0. The number of aryl methyl sites for hydroxylation is 2. The zero-order chi connectivity index (χ0) is 14.0. The van der Waals surface area contributed by atoms with Gasteiger partial charge in [-0.05, 0) is 47.5 Å². The predicted molar refractivity (Wildman–Crippen MR) is 74.6 cm³/mol. The summed E-state index contributed by atoms with van der Waals surface area (Å²) < 4.78 is 6.46. The molecule has 2 rings (SSSR count). The number of aromatic nitrogens is 1. The largest absolute Gasteiger partial charge is 0.438 e. The van der Waals surface area contributed by atoms with Gasteiger partial charge in [-0.2, -0.15) is 0 Å². The molecule has 0 unspecified atom stereocenters. The molecule has 0 amide bonds. The Morgan fingerprint density at radius 3 is 2.63 bits per heavy atom. The molecule has 0 aliphatic heterocycles. The molecule has 0 radical (unpaired) electrons. The number of ether oxygens (including phenoxy) is 1. The quantitative estimate of drug-likeness (QED) is 0.628. The molecule has 0 spiro atoms. The zero-order valence-electron chi connectivity index (χ0n) is 10.4. The third kappa shape index (κ3) is 3.08. The van der Waals surface area contributed by atoms with Gasteiger partial charge in [0.15, 0.2) is 0 Å². The first-order valence-electron chi connectivity index (χ1n) is 5.52. The minimum Gasteiger partial charge on any atom is -0.438 e. The van der Waals surface area contributed by atoms with E-state index < -0.39 is 4.92 Å². The summed E-state index contributed by atoms with van der Waals surface area (Å²) in [4.78, 5) is 14.1. The summed E-state index contributed by atoms with van der Waals surface area (Å²) in [6.45, 7) is 3.70. The van der Waals surface area contributed by atoms with Crippen LogP contribution in [-0.4, -0.2) is 9.91 Å². The Morgan fingerprint density at radius 2 is 2.05 bits per heavy atom. The van der Waals surface area contributed by atoms with Crippen LogP contribution in [0.15, 0.2) is 34.9 Å². The van der Waals surface area contributed by atoms with Crippen molar-refractivity contribution in [1.29, 1.82) is 0 Å². The van der Waals surface area contributed by atoms with Gasteiger partial charge in [0.25, 0.3) is 5.69 Å². The average Bonchev–Trinajstić information content (AvgIpc) is 2.34. The van der Waals surface area contributed by atoms with Gasteiger partial charge in [-0.3, -0.25) is 10.1 Å². The number of halogens is 1. The number of pyridine rings is 1. The van der Waals surface area contributed by atoms with Crippen LogP contribution in [0.1, 0.15) is 11.1 Å². The molecule has 19 heavy (non-hydrogen) atoms. The molecule has 2 aromatic rings. The summed E-state index contributed by atoms with van der Waals surface area (Å²) in [5.41, 5.74) is 1.67. The first kappa shape index (κ1) is 13.5. The maximum atomic E-state index is 10.6. The molecule has 0 aliphatic carbocycles. The van der Waals surface area contributed by atoms with Crippen LogP contribution in [0.2, 0.25) is 0 Å². The van der Waals surface area contributed by atoms with Crippen molar-refractivity contribution in [3.63, 3.8) is 0 Å². The third-order valence-electron chi connectivity index (χ3n) is 2.52. The molecule has 0 fully saturated rings. The maximum absolute atomic E-state index is 10.6. The molecule has 0 aliphatic rings. The molecule has 0 atom stereocenters. The first-order valence-corrected chi connectivity index (χ1v) is 6.31. The zero-order valence-corrected chi connectivity index (χ0v) is 12.0. The molecule has 0 N–H and O–H groups in total. The van der Waals surface area contributed by atoms with E-state index in [9.17, 15) is 10.1 Å². The summed E-state index contributed by atoms with van der Waals surface area (Å²) in [7, 11) is 0. The minimum atomic E-state index is -0.481. The van der Waals surface area contributed by atoms with Crippen molar-refractivity contribution in [3.05, 3.63) is 56.2 Å². The van der Waals surface area contributed by atoms with Crippen LogP contribution in [0.5, 0.6) is 11.6 Å². The van der Waals surface area contributed by atoms with Crippen molar-refractivity contribution >= 4 is 21.6 Å². The lowest BCUT2D eigenvalue weighted by Gasteiger charge is -2.09. The molecule has 1 aromatic carbocycles. The fourth-order valence-electron chi connectivity index (χ4n) is 1.55. The monoisotopic (exact) mass is 322 g/mol. The molecule has 0 saturated carbocycles. The van der Waals surface area contributed by atoms with Crippen molar-refractivity contribution in [3.8, 4) is 11.6 Å². The highest BCUT2D eigenvalue weighted by Crippen LogP contribution is 2.31. The summed E-state index contributed by atoms with van der Waals surface area (Å²) in [6.07, 6.45) is 1.18. The lowest BCUT2D eigenvalue weighted by Crippen LogP contribution is -1.95. The Labute approximate surface area is 118 Å². The van der Waals surface area contributed by atoms with E-state index in [0.29, 0.717) is 17.2 Å². The van der Waals surface area contributed by atoms with Crippen LogP contribution in [0.3, 0.4) is 0 Å². The van der Waals surface area contributed by atoms with Gasteiger partial charge >= 0.3 is 0 Å². The number of benzene rings is 1. The summed E-state index contributed by atoms with van der Waals surface area (Å²) in [5.74, 6) is 0.977. The lowest BCUT2D eigenvalue weighted by molar-refractivity contribution is -0.385. The fourth-order valence-corrected chi connectivity index (χ4v) is 2.12. The second-order valence-electron chi connectivity index (χ2n) is 4.11. The van der Waals surface area contributed by atoms with E-state index in [1.54, 1.807) is 6.92 Å². The van der Waals surface area contributed by atoms with Gasteiger partial charge in [0, 0.05) is 11.6 Å². The van der Waals surface area contributed by atoms with E-state index >= 15 is 0 Å². The second kappa shape index (κ2) is 5.36. The predicted octanol–water partition coefficient (Wildman–Crippen LogP) is 4.16. The third-order valence-corrected chi connectivity index (χ3v) is 3.14. The lowest BCUT2D eigenvalue weighted by atomic mass is 10.2. The van der Waals surface area contributed by atoms with Crippen LogP contribution < -0.4 is 4.74 Å². The highest BCUT2D eigenvalue weighted by Gasteiger charge is 2.12. The van der Waals surface area contributed by atoms with Crippen LogP contribution in [-0.2, 0) is 0 Å². The molecule has 0 saturated heterocycles. The Bertz CT molecular complexity index is 644. The summed E-state index contributed by atoms with van der Waals surface area (Å²) in [5, 5.41) is 10.6. The number of hydrogen-bond acceptors (Lipinski definition) is 4. The second-order valence-corrected chi connectivity index (χ2v) is 4.96. The van der Waals surface area contributed by atoms with E-state index in [1.807, 2.05) is 25.1 Å². The van der Waals surface area contributed by atoms with E-state index in [2.05, 4.69) is 20.9 Å². The van der Waals surface area contributed by atoms with E-state index in [1.165, 1.54) is 12.3 Å². The van der Waals surface area contributed by atoms with Crippen LogP contribution in [0.25, 0.3) is 0 Å². The maximum Gasteiger partial charge on any atom is 0.288 e. The van der Waals surface area contributed by atoms with Gasteiger partial charge in [-0.25, -0.2) is 4.98 Å². The van der Waals surface area contributed by atoms with Crippen molar-refractivity contribution in [2.75, 3.05) is 0 Å². The van der Waals surface area contributed by atoms with Crippen molar-refractivity contribution < 1.29 is 9.66 Å². The van der Waals surface area contributed by atoms with Crippen LogP contribution in [0.4, 0.5) is 5.69 Å². The highest BCUT2D eigenvalue weighted by atomic mass is 79.9. The summed E-state index contributed by atoms with van der Waals surface area (Å²) >= 11 is 3.41. The number of nitro groups is 1. The Balaban J connectivity index is 2.31. The molecule has 1 aromatic heterocycles. The topological polar surface area (TPSA) is 65.3 Å². The van der Waals surface area contributed by atoms with Gasteiger partial charge in [-0.15, -0.1) is 0 Å². The van der Waals surface area contributed by atoms with Crippen molar-refractivity contribution in [2.45, 2.75) is 13.8 Å². The minimum absolute atomic E-state index is 0.0483. The molecular weight excluding hydrogens is 312 g/mol. The van der Waals surface area contributed by atoms with E-state index in [0.717, 1.165) is 10.0 Å². The fraction of sp³-hybridized carbons (Fsp3) is 0.154. The standard InChI is InChI=1S/C13H11BrN2O3/c1-8-3-4-12(11(14)5-8)19-13-9(2)6-10(7-15-13)16(17)18/h3-7H,1-2H3. The Hall–Kier alpha value is -1.95. The number of nitrogens with zero attached hydrogens (tertiary/aromatic N) is 2. The van der Waals surface area contributed by atoms with Gasteiger partial charge in [0.1, 0.15) is 11.9 Å². The van der Waals surface area contributed by atoms with Gasteiger partial charge in [-0.1, -0.05) is 6.07 Å². The molecule has 0 bridgehead atoms. The average molecular weight is 323 g/mol. The van der Waals surface area contributed by atoms with Gasteiger partial charge < -0.3 is 4.74 Å². The Kier molecular flexibility index (Phi) is 3.80. The molecule has 6 heteroatoms. The number of rotatable bonds is 3. The van der Waals surface area contributed by atoms with Gasteiger partial charge in [0.05, 0.1) is 9.40 Å². The normalized spacial score (nSPS) is 10.3. The first-order chi connectivity index (χ1) is 8.97. The van der Waals surface area contributed by atoms with Crippen LogP contribution >= 0.6 is 15.9 Å². The van der Waals surface area contributed by atoms with Crippen molar-refractivity contribution in [2.24, 2.45) is 0 Å². The van der Waals surface area contributed by atoms with E-state index in [-0.39, 0.29) is 5.69 Å². The molecule has 5 nitrogen and oxygen atoms in total. The van der Waals surface area contributed by atoms with Crippen molar-refractivity contribution in [1.82, 2.24) is 4.98 Å². The molecule has 1 heterocycles. The summed E-state index contributed by atoms with van der Waals surface area (Å²) in [6, 6.07) is 7.10. The van der Waals surface area contributed by atoms with Gasteiger partial charge in [0.2, 0.25) is 5.88 Å². The molecular formula is C13H11BrN2O3. The SMILES string of the molecule is Cc1ccc(Oc2ncc([N+](=O)[O-])cc2C)c(Br)c1. The van der Waals surface area contributed by atoms with Crippen LogP contribution in [0, 0.1) is 24.0 Å². The molecule has 98 valence electrons.